The van der Waals surface area contributed by atoms with Gasteiger partial charge in [-0.25, -0.2) is 0 Å². The summed E-state index contributed by atoms with van der Waals surface area (Å²) < 4.78 is 0. The molecular formula is C16H25N3O. The van der Waals surface area contributed by atoms with E-state index in [1.165, 1.54) is 38.5 Å². The third kappa shape index (κ3) is 2.44. The molecule has 2 N–H and O–H groups in total. The van der Waals surface area contributed by atoms with Gasteiger partial charge in [0, 0.05) is 5.54 Å². The van der Waals surface area contributed by atoms with Crippen molar-refractivity contribution in [3.05, 3.63) is 0 Å². The van der Waals surface area contributed by atoms with Gasteiger partial charge in [0.25, 0.3) is 0 Å². The number of carbonyl (C=O) groups excluding carboxylic acids is 1. The topological polar surface area (TPSA) is 64.9 Å². The fourth-order valence-corrected chi connectivity index (χ4v) is 6.11. The molecule has 110 valence electrons. The summed E-state index contributed by atoms with van der Waals surface area (Å²) in [5.74, 6) is 0.772. The van der Waals surface area contributed by atoms with Gasteiger partial charge in [-0.15, -0.1) is 0 Å². The zero-order valence-electron chi connectivity index (χ0n) is 12.6. The maximum absolute atomic E-state index is 11.7. The monoisotopic (exact) mass is 275 g/mol. The molecule has 4 aliphatic rings. The minimum atomic E-state index is -0.0578. The molecule has 2 atom stereocenters. The summed E-state index contributed by atoms with van der Waals surface area (Å²) in [5, 5.41) is 14.7. The van der Waals surface area contributed by atoms with E-state index >= 15 is 0 Å². The van der Waals surface area contributed by atoms with E-state index in [2.05, 4.69) is 24.5 Å². The second kappa shape index (κ2) is 4.46. The summed E-state index contributed by atoms with van der Waals surface area (Å²) in [5.41, 5.74) is 1.08. The summed E-state index contributed by atoms with van der Waals surface area (Å²) in [7, 11) is 0. The van der Waals surface area contributed by atoms with E-state index in [1.807, 2.05) is 6.07 Å². The number of nitrogens with zero attached hydrogens (tertiary/aromatic N) is 1. The molecule has 0 heterocycles. The summed E-state index contributed by atoms with van der Waals surface area (Å²) in [4.78, 5) is 11.7. The molecule has 4 rings (SSSR count). The van der Waals surface area contributed by atoms with Gasteiger partial charge in [-0.1, -0.05) is 13.8 Å². The molecule has 4 fully saturated rings. The Kier molecular flexibility index (Phi) is 3.10. The van der Waals surface area contributed by atoms with Crippen LogP contribution in [0.5, 0.6) is 0 Å². The zero-order chi connectivity index (χ0) is 14.4. The van der Waals surface area contributed by atoms with Crippen molar-refractivity contribution in [2.75, 3.05) is 13.1 Å². The number of hydrogen-bond acceptors (Lipinski definition) is 3. The molecule has 0 saturated heterocycles. The predicted molar refractivity (Wildman–Crippen MR) is 76.8 cm³/mol. The zero-order valence-corrected chi connectivity index (χ0v) is 12.6. The molecule has 0 aliphatic heterocycles. The summed E-state index contributed by atoms with van der Waals surface area (Å²) in [6.07, 6.45) is 7.72. The highest BCUT2D eigenvalue weighted by Gasteiger charge is 2.59. The number of nitriles is 1. The highest BCUT2D eigenvalue weighted by atomic mass is 16.1. The van der Waals surface area contributed by atoms with E-state index in [4.69, 9.17) is 5.26 Å². The van der Waals surface area contributed by atoms with Crippen molar-refractivity contribution in [2.45, 2.75) is 57.9 Å². The van der Waals surface area contributed by atoms with Crippen molar-refractivity contribution < 1.29 is 4.79 Å². The Morgan fingerprint density at radius 1 is 1.20 bits per heavy atom. The largest absolute Gasteiger partial charge is 0.342 e. The number of rotatable bonds is 4. The molecule has 4 saturated carbocycles. The lowest BCUT2D eigenvalue weighted by Crippen LogP contribution is -2.65. The fraction of sp³-hybridized carbons (Fsp3) is 0.875. The summed E-state index contributed by atoms with van der Waals surface area (Å²) in [6, 6.07) is 1.94. The molecule has 0 spiro atoms. The molecular weight excluding hydrogens is 250 g/mol. The third-order valence-corrected chi connectivity index (χ3v) is 5.61. The van der Waals surface area contributed by atoms with Gasteiger partial charge in [-0.3, -0.25) is 4.79 Å². The molecule has 0 aromatic rings. The number of amides is 1. The van der Waals surface area contributed by atoms with Gasteiger partial charge < -0.3 is 10.6 Å². The highest BCUT2D eigenvalue weighted by Crippen LogP contribution is 2.66. The van der Waals surface area contributed by atoms with Gasteiger partial charge in [0.2, 0.25) is 5.91 Å². The highest BCUT2D eigenvalue weighted by molar-refractivity contribution is 5.78. The van der Waals surface area contributed by atoms with Crippen LogP contribution in [0, 0.1) is 28.1 Å². The van der Waals surface area contributed by atoms with Crippen molar-refractivity contribution in [2.24, 2.45) is 16.7 Å². The standard InChI is InChI=1S/C16H25N3O/c1-14-5-12-6-15(2,9-14)11-16(7-12,10-14)19-8-13(20)18-4-3-17/h12,19H,4-11H2,1-2H3,(H,18,20). The van der Waals surface area contributed by atoms with Gasteiger partial charge >= 0.3 is 0 Å². The van der Waals surface area contributed by atoms with Crippen LogP contribution in [0.1, 0.15) is 52.4 Å². The lowest BCUT2D eigenvalue weighted by atomic mass is 9.43. The summed E-state index contributed by atoms with van der Waals surface area (Å²) >= 11 is 0. The predicted octanol–water partition coefficient (Wildman–Crippen LogP) is 1.96. The van der Waals surface area contributed by atoms with Crippen molar-refractivity contribution in [1.82, 2.24) is 10.6 Å². The van der Waals surface area contributed by atoms with E-state index in [-0.39, 0.29) is 18.0 Å². The van der Waals surface area contributed by atoms with Crippen molar-refractivity contribution in [3.63, 3.8) is 0 Å². The van der Waals surface area contributed by atoms with E-state index in [0.29, 0.717) is 17.4 Å². The Labute approximate surface area is 121 Å². The van der Waals surface area contributed by atoms with Crippen LogP contribution in [0.15, 0.2) is 0 Å². The normalized spacial score (nSPS) is 45.1. The Bertz CT molecular complexity index is 449. The maximum Gasteiger partial charge on any atom is 0.234 e. The maximum atomic E-state index is 11.7. The van der Waals surface area contributed by atoms with Crippen LogP contribution in [0.25, 0.3) is 0 Å². The van der Waals surface area contributed by atoms with Crippen molar-refractivity contribution >= 4 is 5.91 Å². The summed E-state index contributed by atoms with van der Waals surface area (Å²) in [6.45, 7) is 5.32. The van der Waals surface area contributed by atoms with E-state index < -0.39 is 0 Å². The minimum absolute atomic E-state index is 0.0578. The Morgan fingerprint density at radius 2 is 1.85 bits per heavy atom. The van der Waals surface area contributed by atoms with E-state index in [0.717, 1.165) is 5.92 Å². The van der Waals surface area contributed by atoms with E-state index in [9.17, 15) is 4.79 Å². The van der Waals surface area contributed by atoms with Crippen molar-refractivity contribution in [3.8, 4) is 6.07 Å². The van der Waals surface area contributed by atoms with Gasteiger partial charge in [-0.05, 0) is 55.3 Å². The molecule has 4 nitrogen and oxygen atoms in total. The third-order valence-electron chi connectivity index (χ3n) is 5.61. The second-order valence-corrected chi connectivity index (χ2v) is 8.20. The van der Waals surface area contributed by atoms with Crippen LogP contribution < -0.4 is 10.6 Å². The average Bonchev–Trinajstić information content (AvgIpc) is 2.29. The van der Waals surface area contributed by atoms with E-state index in [1.54, 1.807) is 0 Å². The molecule has 4 aliphatic carbocycles. The Balaban J connectivity index is 1.67. The molecule has 20 heavy (non-hydrogen) atoms. The SMILES string of the molecule is CC12CC3CC(C)(C1)CC(NCC(=O)NCC#N)(C3)C2. The molecule has 0 radical (unpaired) electrons. The van der Waals surface area contributed by atoms with Crippen LogP contribution in [-0.4, -0.2) is 24.5 Å². The van der Waals surface area contributed by atoms with Gasteiger partial charge in [0.15, 0.2) is 0 Å². The van der Waals surface area contributed by atoms with Gasteiger partial charge in [-0.2, -0.15) is 5.26 Å². The lowest BCUT2D eigenvalue weighted by molar-refractivity contribution is -0.128. The van der Waals surface area contributed by atoms with Gasteiger partial charge in [0.05, 0.1) is 12.6 Å². The molecule has 2 unspecified atom stereocenters. The number of hydrogen-bond donors (Lipinski definition) is 2. The smallest absolute Gasteiger partial charge is 0.234 e. The molecule has 1 amide bonds. The van der Waals surface area contributed by atoms with Crippen LogP contribution in [0.2, 0.25) is 0 Å². The minimum Gasteiger partial charge on any atom is -0.342 e. The second-order valence-electron chi connectivity index (χ2n) is 8.20. The first kappa shape index (κ1) is 13.9. The number of nitrogens with one attached hydrogen (secondary N) is 2. The van der Waals surface area contributed by atoms with Crippen LogP contribution in [0.4, 0.5) is 0 Å². The van der Waals surface area contributed by atoms with Crippen LogP contribution in [-0.2, 0) is 4.79 Å². The molecule has 0 aromatic heterocycles. The average molecular weight is 275 g/mol. The first-order valence-corrected chi connectivity index (χ1v) is 7.75. The Hall–Kier alpha value is -1.08. The van der Waals surface area contributed by atoms with Crippen LogP contribution >= 0.6 is 0 Å². The Morgan fingerprint density at radius 3 is 2.40 bits per heavy atom. The van der Waals surface area contributed by atoms with Gasteiger partial charge in [0.1, 0.15) is 6.54 Å². The lowest BCUT2D eigenvalue weighted by Gasteiger charge is -2.65. The van der Waals surface area contributed by atoms with Crippen LogP contribution in [0.3, 0.4) is 0 Å². The van der Waals surface area contributed by atoms with Crippen molar-refractivity contribution in [1.29, 1.82) is 5.26 Å². The first-order valence-electron chi connectivity index (χ1n) is 7.75. The quantitative estimate of drug-likeness (QED) is 0.771. The molecule has 4 bridgehead atoms. The first-order chi connectivity index (χ1) is 9.36. The number of carbonyl (C=O) groups is 1. The molecule has 4 heteroatoms. The fourth-order valence-electron chi connectivity index (χ4n) is 6.11. The molecule has 0 aromatic carbocycles.